The van der Waals surface area contributed by atoms with E-state index in [1.807, 2.05) is 31.2 Å². The van der Waals surface area contributed by atoms with Gasteiger partial charge >= 0.3 is 0 Å². The first-order valence-corrected chi connectivity index (χ1v) is 8.05. The number of nitrogens with zero attached hydrogens (tertiary/aromatic N) is 1. The first kappa shape index (κ1) is 15.5. The lowest BCUT2D eigenvalue weighted by atomic mass is 9.86. The number of carbonyl (C=O) groups excluding carboxylic acids is 1. The number of benzene rings is 1. The van der Waals surface area contributed by atoms with Crippen molar-refractivity contribution in [1.29, 1.82) is 0 Å². The van der Waals surface area contributed by atoms with Crippen molar-refractivity contribution >= 4 is 5.91 Å². The molecule has 1 heterocycles. The molecule has 120 valence electrons. The molecule has 0 fully saturated rings. The van der Waals surface area contributed by atoms with E-state index >= 15 is 0 Å². The molecular formula is C19H22N2O2. The molecule has 0 atom stereocenters. The van der Waals surface area contributed by atoms with Crippen LogP contribution in [0.15, 0.2) is 29.1 Å². The van der Waals surface area contributed by atoms with Crippen molar-refractivity contribution in [3.05, 3.63) is 57.0 Å². The topological polar surface area (TPSA) is 53.2 Å². The third kappa shape index (κ3) is 2.81. The maximum Gasteiger partial charge on any atom is 0.253 e. The third-order valence-electron chi connectivity index (χ3n) is 4.52. The zero-order valence-corrected chi connectivity index (χ0v) is 13.9. The number of carbonyl (C=O) groups is 1. The Morgan fingerprint density at radius 1 is 1.13 bits per heavy atom. The molecule has 0 aliphatic heterocycles. The highest BCUT2D eigenvalue weighted by atomic mass is 16.2. The third-order valence-corrected chi connectivity index (χ3v) is 4.52. The van der Waals surface area contributed by atoms with E-state index in [2.05, 4.69) is 4.98 Å². The van der Waals surface area contributed by atoms with Gasteiger partial charge < -0.3 is 9.88 Å². The number of rotatable bonds is 2. The van der Waals surface area contributed by atoms with Crippen molar-refractivity contribution in [2.45, 2.75) is 32.6 Å². The minimum Gasteiger partial charge on any atom is -0.345 e. The molecule has 0 unspecified atom stereocenters. The summed E-state index contributed by atoms with van der Waals surface area (Å²) in [4.78, 5) is 29.0. The lowest BCUT2D eigenvalue weighted by molar-refractivity contribution is 0.0827. The minimum absolute atomic E-state index is 0.0113. The van der Waals surface area contributed by atoms with Crippen molar-refractivity contribution in [3.8, 4) is 11.1 Å². The number of amides is 1. The summed E-state index contributed by atoms with van der Waals surface area (Å²) in [5.41, 5.74) is 5.76. The van der Waals surface area contributed by atoms with Gasteiger partial charge in [-0.05, 0) is 55.9 Å². The van der Waals surface area contributed by atoms with Crippen LogP contribution in [0.2, 0.25) is 0 Å². The molecule has 1 aliphatic rings. The van der Waals surface area contributed by atoms with Crippen LogP contribution in [0.5, 0.6) is 0 Å². The van der Waals surface area contributed by atoms with Gasteiger partial charge in [0.25, 0.3) is 11.5 Å². The highest BCUT2D eigenvalue weighted by Crippen LogP contribution is 2.32. The fraction of sp³-hybridized carbons (Fsp3) is 0.368. The fourth-order valence-corrected chi connectivity index (χ4v) is 3.42. The summed E-state index contributed by atoms with van der Waals surface area (Å²) < 4.78 is 0. The molecule has 0 saturated carbocycles. The van der Waals surface area contributed by atoms with Crippen LogP contribution in [0, 0.1) is 6.92 Å². The van der Waals surface area contributed by atoms with E-state index in [1.54, 1.807) is 19.0 Å². The highest BCUT2D eigenvalue weighted by molar-refractivity contribution is 5.95. The van der Waals surface area contributed by atoms with Gasteiger partial charge in [-0.1, -0.05) is 12.1 Å². The lowest BCUT2D eigenvalue weighted by Gasteiger charge is -2.21. The number of nitrogens with one attached hydrogen (secondary N) is 1. The summed E-state index contributed by atoms with van der Waals surface area (Å²) in [6.45, 7) is 1.94. The number of H-pyrrole nitrogens is 1. The largest absolute Gasteiger partial charge is 0.345 e. The van der Waals surface area contributed by atoms with Crippen LogP contribution in [0.1, 0.15) is 40.0 Å². The number of pyridine rings is 1. The van der Waals surface area contributed by atoms with Crippen molar-refractivity contribution in [3.63, 3.8) is 0 Å². The van der Waals surface area contributed by atoms with Crippen molar-refractivity contribution < 1.29 is 4.79 Å². The zero-order valence-electron chi connectivity index (χ0n) is 13.9. The first-order valence-electron chi connectivity index (χ1n) is 8.05. The van der Waals surface area contributed by atoms with Crippen LogP contribution in [-0.4, -0.2) is 29.9 Å². The SMILES string of the molecule is Cc1[nH]c(=O)c2c(c1-c1cccc(C(=O)N(C)C)c1)CCCC2. The van der Waals surface area contributed by atoms with Gasteiger partial charge in [-0.25, -0.2) is 0 Å². The van der Waals surface area contributed by atoms with Crippen LogP contribution in [-0.2, 0) is 12.8 Å². The maximum atomic E-state index is 12.2. The average Bonchev–Trinajstić information content (AvgIpc) is 2.54. The molecule has 0 saturated heterocycles. The van der Waals surface area contributed by atoms with Crippen molar-refractivity contribution in [2.75, 3.05) is 14.1 Å². The molecular weight excluding hydrogens is 288 g/mol. The molecule has 0 bridgehead atoms. The Bertz CT molecular complexity index is 819. The molecule has 1 amide bonds. The molecule has 2 aromatic rings. The van der Waals surface area contributed by atoms with E-state index in [4.69, 9.17) is 0 Å². The number of hydrogen-bond acceptors (Lipinski definition) is 2. The van der Waals surface area contributed by atoms with Gasteiger partial charge in [0.15, 0.2) is 0 Å². The van der Waals surface area contributed by atoms with Crippen LogP contribution < -0.4 is 5.56 Å². The van der Waals surface area contributed by atoms with Crippen molar-refractivity contribution in [2.24, 2.45) is 0 Å². The second-order valence-electron chi connectivity index (χ2n) is 6.40. The Kier molecular flexibility index (Phi) is 4.07. The lowest BCUT2D eigenvalue weighted by Crippen LogP contribution is -2.22. The molecule has 1 N–H and O–H groups in total. The molecule has 1 aliphatic carbocycles. The van der Waals surface area contributed by atoms with E-state index in [1.165, 1.54) is 0 Å². The van der Waals surface area contributed by atoms with Gasteiger partial charge in [-0.2, -0.15) is 0 Å². The Morgan fingerprint density at radius 2 is 1.83 bits per heavy atom. The summed E-state index contributed by atoms with van der Waals surface area (Å²) in [5.74, 6) is -0.0113. The second-order valence-corrected chi connectivity index (χ2v) is 6.40. The summed E-state index contributed by atoms with van der Waals surface area (Å²) in [7, 11) is 3.50. The monoisotopic (exact) mass is 310 g/mol. The van der Waals surface area contributed by atoms with E-state index in [9.17, 15) is 9.59 Å². The predicted octanol–water partition coefficient (Wildman–Crippen LogP) is 2.93. The van der Waals surface area contributed by atoms with Crippen molar-refractivity contribution in [1.82, 2.24) is 9.88 Å². The Morgan fingerprint density at radius 3 is 2.52 bits per heavy atom. The molecule has 1 aromatic heterocycles. The second kappa shape index (κ2) is 6.03. The first-order chi connectivity index (χ1) is 11.0. The zero-order chi connectivity index (χ0) is 16.6. The van der Waals surface area contributed by atoms with Gasteiger partial charge in [-0.15, -0.1) is 0 Å². The van der Waals surface area contributed by atoms with E-state index in [0.29, 0.717) is 5.56 Å². The number of aromatic nitrogens is 1. The Balaban J connectivity index is 2.18. The minimum atomic E-state index is -0.0113. The number of aromatic amines is 1. The number of aryl methyl sites for hydroxylation is 1. The maximum absolute atomic E-state index is 12.2. The standard InChI is InChI=1S/C19H22N2O2/c1-12-17(15-9-4-5-10-16(15)18(22)20-12)13-7-6-8-14(11-13)19(23)21(2)3/h6-8,11H,4-5,9-10H2,1-3H3,(H,20,22). The van der Waals surface area contributed by atoms with Gasteiger partial charge in [0.05, 0.1) is 0 Å². The van der Waals surface area contributed by atoms with Crippen LogP contribution in [0.4, 0.5) is 0 Å². The van der Waals surface area contributed by atoms with Gasteiger partial charge in [0.2, 0.25) is 0 Å². The number of fused-ring (bicyclic) bond motifs is 1. The molecule has 4 heteroatoms. The molecule has 0 spiro atoms. The molecule has 4 nitrogen and oxygen atoms in total. The van der Waals surface area contributed by atoms with Gasteiger partial charge in [-0.3, -0.25) is 9.59 Å². The molecule has 3 rings (SSSR count). The van der Waals surface area contributed by atoms with Crippen LogP contribution >= 0.6 is 0 Å². The summed E-state index contributed by atoms with van der Waals surface area (Å²) in [6.07, 6.45) is 3.95. The van der Waals surface area contributed by atoms with E-state index in [0.717, 1.165) is 53.6 Å². The average molecular weight is 310 g/mol. The molecule has 1 aromatic carbocycles. The smallest absolute Gasteiger partial charge is 0.253 e. The van der Waals surface area contributed by atoms with Crippen LogP contribution in [0.25, 0.3) is 11.1 Å². The Hall–Kier alpha value is -2.36. The quantitative estimate of drug-likeness (QED) is 0.927. The molecule has 0 radical (unpaired) electrons. The fourth-order valence-electron chi connectivity index (χ4n) is 3.42. The predicted molar refractivity (Wildman–Crippen MR) is 91.9 cm³/mol. The van der Waals surface area contributed by atoms with E-state index in [-0.39, 0.29) is 11.5 Å². The van der Waals surface area contributed by atoms with E-state index < -0.39 is 0 Å². The number of hydrogen-bond donors (Lipinski definition) is 1. The summed E-state index contributed by atoms with van der Waals surface area (Å²) in [6, 6.07) is 7.69. The Labute approximate surface area is 136 Å². The van der Waals surface area contributed by atoms with Gasteiger partial charge in [0, 0.05) is 36.5 Å². The highest BCUT2D eigenvalue weighted by Gasteiger charge is 2.20. The van der Waals surface area contributed by atoms with Gasteiger partial charge in [0.1, 0.15) is 0 Å². The molecule has 23 heavy (non-hydrogen) atoms. The summed E-state index contributed by atoms with van der Waals surface area (Å²) in [5, 5.41) is 0. The normalized spacial score (nSPS) is 13.5. The summed E-state index contributed by atoms with van der Waals surface area (Å²) >= 11 is 0. The van der Waals surface area contributed by atoms with Crippen LogP contribution in [0.3, 0.4) is 0 Å².